The number of hydrazone groups is 1. The Hall–Kier alpha value is -5.25. The molecule has 4 aromatic rings. The minimum absolute atomic E-state index is 0.148. The van der Waals surface area contributed by atoms with E-state index in [1.807, 2.05) is 49.4 Å². The van der Waals surface area contributed by atoms with Crippen LogP contribution in [-0.4, -0.2) is 54.1 Å². The molecule has 1 unspecified atom stereocenters. The molecule has 39 heavy (non-hydrogen) atoms. The van der Waals surface area contributed by atoms with E-state index in [1.54, 1.807) is 35.5 Å². The van der Waals surface area contributed by atoms with Crippen LogP contribution in [0.4, 0.5) is 23.7 Å². The summed E-state index contributed by atoms with van der Waals surface area (Å²) in [5.74, 6) is 3.54. The molecule has 1 atom stereocenters. The maximum Gasteiger partial charge on any atom is 0.490 e. The third-order valence-corrected chi connectivity index (χ3v) is 5.46. The lowest BCUT2D eigenvalue weighted by atomic mass is 10.1. The number of carboxylic acid groups (broad SMARTS) is 1. The molecule has 1 aromatic carbocycles. The third-order valence-electron chi connectivity index (χ3n) is 5.46. The molecule has 0 saturated carbocycles. The number of halogens is 3. The molecule has 13 heteroatoms. The largest absolute Gasteiger partial charge is 0.490 e. The van der Waals surface area contributed by atoms with E-state index in [0.29, 0.717) is 17.8 Å². The average Bonchev–Trinajstić information content (AvgIpc) is 3.57. The van der Waals surface area contributed by atoms with Gasteiger partial charge in [-0.05, 0) is 60.4 Å². The summed E-state index contributed by atoms with van der Waals surface area (Å²) in [7, 11) is 0. The van der Waals surface area contributed by atoms with Crippen molar-refractivity contribution < 1.29 is 27.9 Å². The second-order valence-corrected chi connectivity index (χ2v) is 8.12. The van der Waals surface area contributed by atoms with Gasteiger partial charge in [-0.2, -0.15) is 23.4 Å². The van der Waals surface area contributed by atoms with E-state index in [1.165, 1.54) is 5.01 Å². The fourth-order valence-electron chi connectivity index (χ4n) is 3.53. The number of anilines is 1. The Bertz CT molecular complexity index is 1590. The smallest absolute Gasteiger partial charge is 0.475 e. The molecule has 0 fully saturated rings. The number of alkyl halides is 3. The van der Waals surface area contributed by atoms with Crippen molar-refractivity contribution in [2.45, 2.75) is 25.6 Å². The second-order valence-electron chi connectivity index (χ2n) is 8.12. The van der Waals surface area contributed by atoms with Crippen LogP contribution in [0, 0.1) is 18.8 Å². The molecule has 3 aromatic heterocycles. The summed E-state index contributed by atoms with van der Waals surface area (Å²) in [6.07, 6.45) is 4.15. The minimum Gasteiger partial charge on any atom is -0.475 e. The molecule has 0 spiro atoms. The number of rotatable bonds is 2. The van der Waals surface area contributed by atoms with Gasteiger partial charge < -0.3 is 10.4 Å². The quantitative estimate of drug-likeness (QED) is 0.366. The van der Waals surface area contributed by atoms with Gasteiger partial charge in [0.15, 0.2) is 5.65 Å². The maximum absolute atomic E-state index is 12.9. The number of carbonyl (C=O) groups excluding carboxylic acids is 1. The number of aliphatic carboxylic acids is 1. The Kier molecular flexibility index (Phi) is 7.85. The second kappa shape index (κ2) is 11.4. The Labute approximate surface area is 219 Å². The van der Waals surface area contributed by atoms with Crippen molar-refractivity contribution in [3.8, 4) is 11.8 Å². The Morgan fingerprint density at radius 3 is 2.56 bits per heavy atom. The van der Waals surface area contributed by atoms with Gasteiger partial charge in [0.05, 0.1) is 12.2 Å². The van der Waals surface area contributed by atoms with Crippen LogP contribution >= 0.6 is 0 Å². The monoisotopic (exact) mass is 535 g/mol. The number of nitrogens with zero attached hydrogens (tertiary/aromatic N) is 6. The lowest BCUT2D eigenvalue weighted by Gasteiger charge is -2.22. The lowest BCUT2D eigenvalue weighted by Crippen LogP contribution is -2.31. The summed E-state index contributed by atoms with van der Waals surface area (Å²) in [6, 6.07) is 12.7. The van der Waals surface area contributed by atoms with Crippen LogP contribution in [0.2, 0.25) is 0 Å². The Morgan fingerprint density at radius 2 is 1.85 bits per heavy atom. The summed E-state index contributed by atoms with van der Waals surface area (Å²) in [6.45, 7) is 1.98. The Balaban J connectivity index is 0.000000448. The van der Waals surface area contributed by atoms with E-state index in [2.05, 4.69) is 37.3 Å². The molecule has 0 aliphatic carbocycles. The number of amides is 2. The lowest BCUT2D eigenvalue weighted by molar-refractivity contribution is -0.192. The van der Waals surface area contributed by atoms with Crippen molar-refractivity contribution >= 4 is 29.5 Å². The summed E-state index contributed by atoms with van der Waals surface area (Å²) in [5, 5.41) is 20.1. The van der Waals surface area contributed by atoms with E-state index in [-0.39, 0.29) is 12.1 Å². The van der Waals surface area contributed by atoms with Gasteiger partial charge in [0.1, 0.15) is 5.69 Å². The van der Waals surface area contributed by atoms with Gasteiger partial charge in [0.2, 0.25) is 0 Å². The first-order valence-electron chi connectivity index (χ1n) is 11.4. The van der Waals surface area contributed by atoms with Crippen LogP contribution in [0.25, 0.3) is 5.65 Å². The zero-order chi connectivity index (χ0) is 28.0. The zero-order valence-corrected chi connectivity index (χ0v) is 20.3. The zero-order valence-electron chi connectivity index (χ0n) is 20.3. The predicted molar refractivity (Wildman–Crippen MR) is 135 cm³/mol. The van der Waals surface area contributed by atoms with E-state index in [0.717, 1.165) is 22.3 Å². The minimum atomic E-state index is -5.08. The summed E-state index contributed by atoms with van der Waals surface area (Å²) in [4.78, 5) is 30.2. The first-order valence-corrected chi connectivity index (χ1v) is 11.4. The number of urea groups is 1. The van der Waals surface area contributed by atoms with Crippen LogP contribution in [0.1, 0.15) is 34.8 Å². The molecule has 198 valence electrons. The van der Waals surface area contributed by atoms with Crippen molar-refractivity contribution in [3.63, 3.8) is 0 Å². The molecule has 0 saturated heterocycles. The standard InChI is InChI=1S/C24H19N7O.C2HF3O2/c1-17-4-6-20(15-19(17)5-7-21-16-26-23-3-2-11-27-30(21)23)29-24(32)31-22(10-14-28-31)18-8-12-25-13-9-18;3-2(4,5)1(6)7/h2-4,6,8-9,11-16,22H,10H2,1H3,(H,29,32);(H,6,7). The van der Waals surface area contributed by atoms with Gasteiger partial charge in [-0.1, -0.05) is 12.0 Å². The highest BCUT2D eigenvalue weighted by Gasteiger charge is 2.38. The van der Waals surface area contributed by atoms with E-state index >= 15 is 0 Å². The van der Waals surface area contributed by atoms with Gasteiger partial charge in [0.25, 0.3) is 0 Å². The molecule has 4 heterocycles. The number of hydrogen-bond donors (Lipinski definition) is 2. The molecular weight excluding hydrogens is 515 g/mol. The number of aryl methyl sites for hydroxylation is 1. The number of imidazole rings is 1. The summed E-state index contributed by atoms with van der Waals surface area (Å²) >= 11 is 0. The van der Waals surface area contributed by atoms with Crippen LogP contribution in [-0.2, 0) is 4.79 Å². The van der Waals surface area contributed by atoms with Crippen molar-refractivity contribution in [2.24, 2.45) is 5.10 Å². The Morgan fingerprint density at radius 1 is 1.10 bits per heavy atom. The van der Waals surface area contributed by atoms with Crippen LogP contribution in [0.5, 0.6) is 0 Å². The molecule has 2 amide bonds. The molecule has 1 aliphatic heterocycles. The highest BCUT2D eigenvalue weighted by Crippen LogP contribution is 2.28. The average molecular weight is 535 g/mol. The maximum atomic E-state index is 12.9. The van der Waals surface area contributed by atoms with Crippen molar-refractivity contribution in [1.82, 2.24) is 24.6 Å². The van der Waals surface area contributed by atoms with Crippen LogP contribution in [0.15, 0.2) is 72.4 Å². The van der Waals surface area contributed by atoms with Gasteiger partial charge in [-0.15, -0.1) is 0 Å². The van der Waals surface area contributed by atoms with Crippen molar-refractivity contribution in [2.75, 3.05) is 5.32 Å². The normalized spacial score (nSPS) is 14.3. The van der Waals surface area contributed by atoms with Crippen LogP contribution in [0.3, 0.4) is 0 Å². The molecule has 2 N–H and O–H groups in total. The van der Waals surface area contributed by atoms with Gasteiger partial charge in [-0.25, -0.2) is 24.1 Å². The number of benzene rings is 1. The summed E-state index contributed by atoms with van der Waals surface area (Å²) < 4.78 is 33.4. The fourth-order valence-corrected chi connectivity index (χ4v) is 3.53. The number of hydrogen-bond acceptors (Lipinski definition) is 6. The van der Waals surface area contributed by atoms with Gasteiger partial charge in [-0.3, -0.25) is 4.98 Å². The molecule has 0 bridgehead atoms. The van der Waals surface area contributed by atoms with Crippen LogP contribution < -0.4 is 5.32 Å². The van der Waals surface area contributed by atoms with Crippen molar-refractivity contribution in [3.05, 3.63) is 89.6 Å². The number of nitrogens with one attached hydrogen (secondary N) is 1. The van der Waals surface area contributed by atoms with Gasteiger partial charge in [0, 0.05) is 42.5 Å². The molecule has 10 nitrogen and oxygen atoms in total. The highest BCUT2D eigenvalue weighted by molar-refractivity contribution is 5.91. The fraction of sp³-hybridized carbons (Fsp3) is 0.154. The number of fused-ring (bicyclic) bond motifs is 1. The third kappa shape index (κ3) is 6.55. The molecule has 0 radical (unpaired) electrons. The first-order chi connectivity index (χ1) is 18.6. The summed E-state index contributed by atoms with van der Waals surface area (Å²) in [5.41, 5.74) is 4.89. The topological polar surface area (TPSA) is 125 Å². The molecular formula is C26H20F3N7O3. The van der Waals surface area contributed by atoms with Crippen molar-refractivity contribution in [1.29, 1.82) is 0 Å². The van der Waals surface area contributed by atoms with Gasteiger partial charge >= 0.3 is 18.2 Å². The number of aromatic nitrogens is 4. The number of pyridine rings is 1. The van der Waals surface area contributed by atoms with E-state index in [4.69, 9.17) is 9.90 Å². The SMILES string of the molecule is Cc1ccc(NC(=O)N2N=CCC2c2ccncc2)cc1C#Cc1cnc2cccnn12.O=C(O)C(F)(F)F. The predicted octanol–water partition coefficient (Wildman–Crippen LogP) is 4.43. The first kappa shape index (κ1) is 26.8. The number of carbonyl (C=O) groups is 2. The molecule has 1 aliphatic rings. The van der Waals surface area contributed by atoms with E-state index < -0.39 is 12.1 Å². The molecule has 5 rings (SSSR count). The highest BCUT2D eigenvalue weighted by atomic mass is 19.4. The van der Waals surface area contributed by atoms with E-state index in [9.17, 15) is 18.0 Å². The number of carboxylic acids is 1.